The first kappa shape index (κ1) is 24.9. The van der Waals surface area contributed by atoms with E-state index in [0.717, 1.165) is 25.9 Å². The average molecular weight is 357 g/mol. The number of likely N-dealkylation sites (tertiary alicyclic amines) is 1. The molecule has 2 rings (SSSR count). The number of likely N-dealkylation sites (N-methyl/N-ethyl adjacent to an activating group) is 1. The molecular formula is C22H48N2O. The van der Waals surface area contributed by atoms with E-state index in [1.54, 1.807) is 0 Å². The molecule has 0 amide bonds. The number of hydrogen-bond acceptors (Lipinski definition) is 3. The molecular weight excluding hydrogens is 308 g/mol. The van der Waals surface area contributed by atoms with Crippen molar-refractivity contribution < 1.29 is 5.11 Å². The lowest BCUT2D eigenvalue weighted by Gasteiger charge is -2.32. The third-order valence-electron chi connectivity index (χ3n) is 5.44. The van der Waals surface area contributed by atoms with Gasteiger partial charge in [0.05, 0.1) is 5.60 Å². The Morgan fingerprint density at radius 2 is 1.36 bits per heavy atom. The minimum Gasteiger partial charge on any atom is -0.389 e. The molecule has 1 saturated heterocycles. The van der Waals surface area contributed by atoms with Gasteiger partial charge >= 0.3 is 0 Å². The van der Waals surface area contributed by atoms with Gasteiger partial charge in [-0.25, -0.2) is 0 Å². The summed E-state index contributed by atoms with van der Waals surface area (Å²) in [4.78, 5) is 2.52. The molecule has 0 aromatic rings. The first-order valence-electron chi connectivity index (χ1n) is 10.9. The molecule has 3 heteroatoms. The van der Waals surface area contributed by atoms with Crippen LogP contribution in [-0.4, -0.2) is 48.3 Å². The second kappa shape index (κ2) is 14.0. The second-order valence-electron chi connectivity index (χ2n) is 8.97. The Morgan fingerprint density at radius 3 is 1.72 bits per heavy atom. The van der Waals surface area contributed by atoms with E-state index in [0.29, 0.717) is 5.41 Å². The molecule has 0 unspecified atom stereocenters. The summed E-state index contributed by atoms with van der Waals surface area (Å²) in [7, 11) is 0. The van der Waals surface area contributed by atoms with Gasteiger partial charge in [0.25, 0.3) is 0 Å². The van der Waals surface area contributed by atoms with Crippen LogP contribution in [-0.2, 0) is 0 Å². The van der Waals surface area contributed by atoms with Crippen molar-refractivity contribution in [1.29, 1.82) is 0 Å². The van der Waals surface area contributed by atoms with Crippen LogP contribution in [0.3, 0.4) is 0 Å². The highest BCUT2D eigenvalue weighted by Crippen LogP contribution is 2.27. The van der Waals surface area contributed by atoms with Crippen LogP contribution in [0.1, 0.15) is 99.3 Å². The van der Waals surface area contributed by atoms with Crippen molar-refractivity contribution >= 4 is 0 Å². The van der Waals surface area contributed by atoms with Crippen LogP contribution < -0.4 is 5.32 Å². The van der Waals surface area contributed by atoms with Crippen LogP contribution in [0.15, 0.2) is 0 Å². The molecule has 1 aliphatic heterocycles. The molecule has 152 valence electrons. The molecule has 2 aliphatic rings. The van der Waals surface area contributed by atoms with Crippen molar-refractivity contribution in [2.24, 2.45) is 5.41 Å². The smallest absolute Gasteiger partial charge is 0.0771 e. The van der Waals surface area contributed by atoms with Crippen LogP contribution >= 0.6 is 0 Å². The Morgan fingerprint density at radius 1 is 0.880 bits per heavy atom. The monoisotopic (exact) mass is 356 g/mol. The Kier molecular flexibility index (Phi) is 13.9. The van der Waals surface area contributed by atoms with E-state index in [9.17, 15) is 5.11 Å². The van der Waals surface area contributed by atoms with Crippen LogP contribution in [0, 0.1) is 5.41 Å². The number of hydrogen-bond donors (Lipinski definition) is 2. The van der Waals surface area contributed by atoms with E-state index in [1.807, 2.05) is 0 Å². The highest BCUT2D eigenvalue weighted by molar-refractivity contribution is 4.83. The molecule has 25 heavy (non-hydrogen) atoms. The third kappa shape index (κ3) is 14.7. The largest absolute Gasteiger partial charge is 0.389 e. The van der Waals surface area contributed by atoms with Gasteiger partial charge < -0.3 is 15.3 Å². The molecule has 1 saturated carbocycles. The Bertz CT molecular complexity index is 287. The molecule has 0 bridgehead atoms. The maximum atomic E-state index is 9.94. The number of piperidine rings is 1. The predicted octanol–water partition coefficient (Wildman–Crippen LogP) is 5.23. The Labute approximate surface area is 159 Å². The minimum absolute atomic E-state index is 0.381. The van der Waals surface area contributed by atoms with Gasteiger partial charge in [0.1, 0.15) is 0 Å². The Hall–Kier alpha value is -0.120. The van der Waals surface area contributed by atoms with Crippen LogP contribution in [0.2, 0.25) is 0 Å². The number of rotatable bonds is 4. The number of aliphatic hydroxyl groups is 1. The average Bonchev–Trinajstić information content (AvgIpc) is 2.62. The summed E-state index contributed by atoms with van der Waals surface area (Å²) in [5.41, 5.74) is 0.161. The van der Waals surface area contributed by atoms with Gasteiger partial charge in [0, 0.05) is 6.54 Å². The summed E-state index contributed by atoms with van der Waals surface area (Å²) in [5.74, 6) is 0. The summed E-state index contributed by atoms with van der Waals surface area (Å²) < 4.78 is 0. The third-order valence-corrected chi connectivity index (χ3v) is 5.44. The zero-order valence-corrected chi connectivity index (χ0v) is 18.3. The Balaban J connectivity index is 0.000000365. The standard InChI is InChI=1S/C9H19NO.C7H15N.C6H14/c1-2-10-8-9(11)6-4-3-5-7-9;1-2-8-6-4-3-5-7-8;1-5-6(2,3)4/h10-11H,2-8H2,1H3;2-7H2,1H3;5H2,1-4H3. The zero-order valence-electron chi connectivity index (χ0n) is 18.3. The summed E-state index contributed by atoms with van der Waals surface area (Å²) in [6.07, 6.45) is 11.2. The lowest BCUT2D eigenvalue weighted by atomic mass is 9.85. The van der Waals surface area contributed by atoms with Crippen molar-refractivity contribution in [1.82, 2.24) is 10.2 Å². The summed E-state index contributed by atoms with van der Waals surface area (Å²) >= 11 is 0. The molecule has 0 aromatic heterocycles. The van der Waals surface area contributed by atoms with Crippen molar-refractivity contribution in [3.05, 3.63) is 0 Å². The molecule has 0 spiro atoms. The fraction of sp³-hybridized carbons (Fsp3) is 1.00. The topological polar surface area (TPSA) is 35.5 Å². The van der Waals surface area contributed by atoms with Crippen LogP contribution in [0.4, 0.5) is 0 Å². The lowest BCUT2D eigenvalue weighted by Crippen LogP contribution is -2.42. The van der Waals surface area contributed by atoms with Crippen LogP contribution in [0.25, 0.3) is 0 Å². The first-order valence-corrected chi connectivity index (χ1v) is 10.9. The molecule has 0 aromatic carbocycles. The maximum absolute atomic E-state index is 9.94. The van der Waals surface area contributed by atoms with Gasteiger partial charge in [-0.05, 0) is 57.3 Å². The number of nitrogens with one attached hydrogen (secondary N) is 1. The predicted molar refractivity (Wildman–Crippen MR) is 112 cm³/mol. The van der Waals surface area contributed by atoms with E-state index >= 15 is 0 Å². The molecule has 0 atom stereocenters. The normalized spacial score (nSPS) is 20.8. The molecule has 3 nitrogen and oxygen atoms in total. The quantitative estimate of drug-likeness (QED) is 0.724. The highest BCUT2D eigenvalue weighted by Gasteiger charge is 2.27. The van der Waals surface area contributed by atoms with E-state index in [4.69, 9.17) is 0 Å². The maximum Gasteiger partial charge on any atom is 0.0771 e. The van der Waals surface area contributed by atoms with E-state index in [1.165, 1.54) is 64.6 Å². The van der Waals surface area contributed by atoms with Gasteiger partial charge in [-0.15, -0.1) is 0 Å². The summed E-state index contributed by atoms with van der Waals surface area (Å²) in [6.45, 7) is 18.9. The van der Waals surface area contributed by atoms with E-state index in [-0.39, 0.29) is 5.60 Å². The van der Waals surface area contributed by atoms with Gasteiger partial charge in [-0.1, -0.05) is 73.6 Å². The fourth-order valence-corrected chi connectivity index (χ4v) is 3.02. The van der Waals surface area contributed by atoms with E-state index in [2.05, 4.69) is 51.8 Å². The van der Waals surface area contributed by atoms with Gasteiger partial charge in [0.2, 0.25) is 0 Å². The molecule has 2 N–H and O–H groups in total. The van der Waals surface area contributed by atoms with Crippen molar-refractivity contribution in [3.63, 3.8) is 0 Å². The molecule has 1 aliphatic carbocycles. The van der Waals surface area contributed by atoms with Gasteiger partial charge in [-0.3, -0.25) is 0 Å². The minimum atomic E-state index is -0.381. The van der Waals surface area contributed by atoms with Crippen molar-refractivity contribution in [2.45, 2.75) is 105 Å². The molecule has 0 radical (unpaired) electrons. The summed E-state index contributed by atoms with van der Waals surface area (Å²) in [6, 6.07) is 0. The fourth-order valence-electron chi connectivity index (χ4n) is 3.02. The zero-order chi connectivity index (χ0) is 19.2. The SMILES string of the molecule is CCC(C)(C)C.CCN1CCCCC1.CCNCC1(O)CCCCC1. The molecule has 1 heterocycles. The lowest BCUT2D eigenvalue weighted by molar-refractivity contribution is 0.00540. The highest BCUT2D eigenvalue weighted by atomic mass is 16.3. The van der Waals surface area contributed by atoms with E-state index < -0.39 is 0 Å². The van der Waals surface area contributed by atoms with Gasteiger partial charge in [-0.2, -0.15) is 0 Å². The first-order chi connectivity index (χ1) is 11.8. The molecule has 2 fully saturated rings. The van der Waals surface area contributed by atoms with Crippen molar-refractivity contribution in [3.8, 4) is 0 Å². The number of nitrogens with zero attached hydrogens (tertiary/aromatic N) is 1. The second-order valence-corrected chi connectivity index (χ2v) is 8.97. The van der Waals surface area contributed by atoms with Crippen LogP contribution in [0.5, 0.6) is 0 Å². The van der Waals surface area contributed by atoms with Gasteiger partial charge in [0.15, 0.2) is 0 Å². The summed E-state index contributed by atoms with van der Waals surface area (Å²) in [5, 5.41) is 13.1. The van der Waals surface area contributed by atoms with Crippen molar-refractivity contribution in [2.75, 3.05) is 32.7 Å².